The SMILES string of the molecule is c1ccc(-c2cccc(-c3c4c(c(-c5cccc(-c6ccccc6)c5)c5ccccc35)=c3ccc5c6c(ccc=4c36)=c3c(-c4ccccc4)c4cc6ccccc6cc4c(-c4ccccc4)c3=5)c2)cc1. The van der Waals surface area contributed by atoms with Crippen LogP contribution in [0.1, 0.15) is 0 Å². The lowest BCUT2D eigenvalue weighted by Crippen LogP contribution is -1.93. The highest BCUT2D eigenvalue weighted by atomic mass is 14.3. The summed E-state index contributed by atoms with van der Waals surface area (Å²) >= 11 is 0. The minimum Gasteiger partial charge on any atom is -0.0622 e. The van der Waals surface area contributed by atoms with Gasteiger partial charge in [0.1, 0.15) is 0 Å². The molecule has 2 aliphatic rings. The maximum Gasteiger partial charge on any atom is -0.000740 e. The van der Waals surface area contributed by atoms with Crippen LogP contribution in [-0.2, 0) is 0 Å². The van der Waals surface area contributed by atoms with Gasteiger partial charge in [0, 0.05) is 0 Å². The van der Waals surface area contributed by atoms with Crippen LogP contribution in [-0.4, -0.2) is 0 Å². The van der Waals surface area contributed by atoms with E-state index in [9.17, 15) is 0 Å². The molecule has 0 spiro atoms. The van der Waals surface area contributed by atoms with Gasteiger partial charge in [0.25, 0.3) is 0 Å². The summed E-state index contributed by atoms with van der Waals surface area (Å²) in [5.74, 6) is 0. The van der Waals surface area contributed by atoms with Crippen LogP contribution in [0.3, 0.4) is 0 Å². The van der Waals surface area contributed by atoms with Gasteiger partial charge in [0.05, 0.1) is 0 Å². The van der Waals surface area contributed by atoms with Crippen molar-refractivity contribution in [3.63, 3.8) is 0 Å². The third-order valence-corrected chi connectivity index (χ3v) is 15.3. The normalized spacial score (nSPS) is 12.0. The summed E-state index contributed by atoms with van der Waals surface area (Å²) in [5, 5.41) is 20.7. The number of rotatable bonds is 6. The Balaban J connectivity index is 1.20. The van der Waals surface area contributed by atoms with Crippen molar-refractivity contribution < 1.29 is 0 Å². The third kappa shape index (κ3) is 5.65. The van der Waals surface area contributed by atoms with Gasteiger partial charge in [0.15, 0.2) is 0 Å². The molecule has 2 aliphatic carbocycles. The highest BCUT2D eigenvalue weighted by Gasteiger charge is 2.25. The average molecular weight is 883 g/mol. The molecule has 322 valence electrons. The van der Waals surface area contributed by atoms with Gasteiger partial charge in [-0.1, -0.05) is 231 Å². The van der Waals surface area contributed by atoms with E-state index in [1.165, 1.54) is 152 Å². The third-order valence-electron chi connectivity index (χ3n) is 15.3. The quantitative estimate of drug-likeness (QED) is 0.146. The van der Waals surface area contributed by atoms with Crippen LogP contribution in [0.15, 0.2) is 255 Å². The van der Waals surface area contributed by atoms with Crippen molar-refractivity contribution >= 4 is 43.1 Å². The molecule has 0 nitrogen and oxygen atoms in total. The van der Waals surface area contributed by atoms with E-state index < -0.39 is 0 Å². The molecule has 0 radical (unpaired) electrons. The highest BCUT2D eigenvalue weighted by Crippen LogP contribution is 2.47. The van der Waals surface area contributed by atoms with Crippen LogP contribution in [0.2, 0.25) is 0 Å². The molecular formula is C70H42. The molecule has 0 unspecified atom stereocenters. The van der Waals surface area contributed by atoms with Gasteiger partial charge in [-0.25, -0.2) is 0 Å². The van der Waals surface area contributed by atoms with Gasteiger partial charge in [-0.3, -0.25) is 0 Å². The lowest BCUT2D eigenvalue weighted by Gasteiger charge is -2.16. The molecule has 0 atom stereocenters. The number of benzene rings is 13. The fraction of sp³-hybridized carbons (Fsp3) is 0. The van der Waals surface area contributed by atoms with Gasteiger partial charge < -0.3 is 0 Å². The van der Waals surface area contributed by atoms with Crippen molar-refractivity contribution in [3.8, 4) is 66.8 Å². The molecule has 0 heteroatoms. The van der Waals surface area contributed by atoms with E-state index in [-0.39, 0.29) is 0 Å². The van der Waals surface area contributed by atoms with E-state index in [1.807, 2.05) is 0 Å². The fourth-order valence-electron chi connectivity index (χ4n) is 12.4. The first-order valence-electron chi connectivity index (χ1n) is 24.4. The number of hydrogen-bond acceptors (Lipinski definition) is 0. The van der Waals surface area contributed by atoms with E-state index >= 15 is 0 Å². The Kier molecular flexibility index (Phi) is 8.46. The highest BCUT2D eigenvalue weighted by molar-refractivity contribution is 6.13. The van der Waals surface area contributed by atoms with E-state index in [2.05, 4.69) is 255 Å². The van der Waals surface area contributed by atoms with Crippen LogP contribution < -0.4 is 0 Å². The second kappa shape index (κ2) is 15.2. The van der Waals surface area contributed by atoms with Crippen LogP contribution in [0.25, 0.3) is 110 Å². The molecule has 0 N–H and O–H groups in total. The van der Waals surface area contributed by atoms with Crippen LogP contribution in [0, 0.1) is 41.7 Å². The second-order valence-corrected chi connectivity index (χ2v) is 19.0. The second-order valence-electron chi connectivity index (χ2n) is 19.0. The van der Waals surface area contributed by atoms with Gasteiger partial charge in [-0.15, -0.1) is 0 Å². The summed E-state index contributed by atoms with van der Waals surface area (Å²) in [6.07, 6.45) is 0. The van der Waals surface area contributed by atoms with E-state index in [1.54, 1.807) is 0 Å². The summed E-state index contributed by atoms with van der Waals surface area (Å²) in [6, 6.07) is 95.1. The summed E-state index contributed by atoms with van der Waals surface area (Å²) < 4.78 is 0. The van der Waals surface area contributed by atoms with Gasteiger partial charge >= 0.3 is 0 Å². The predicted octanol–water partition coefficient (Wildman–Crippen LogP) is 18.1. The number of fused-ring (bicyclic) bond motifs is 5. The Morgan fingerprint density at radius 3 is 0.829 bits per heavy atom. The predicted molar refractivity (Wildman–Crippen MR) is 293 cm³/mol. The fourth-order valence-corrected chi connectivity index (χ4v) is 12.4. The largest absolute Gasteiger partial charge is 0.0622 e. The van der Waals surface area contributed by atoms with Crippen LogP contribution >= 0.6 is 0 Å². The van der Waals surface area contributed by atoms with Gasteiger partial charge in [0.2, 0.25) is 0 Å². The first kappa shape index (κ1) is 38.9. The molecule has 13 aromatic rings. The lowest BCUT2D eigenvalue weighted by molar-refractivity contribution is 1.47. The molecular weight excluding hydrogens is 841 g/mol. The molecule has 0 saturated carbocycles. The van der Waals surface area contributed by atoms with Crippen LogP contribution in [0.4, 0.5) is 0 Å². The molecule has 0 saturated heterocycles. The monoisotopic (exact) mass is 882 g/mol. The Labute approximate surface area is 404 Å². The standard InChI is InChI=1S/C70H42/c1-5-19-43(20-6-1)47-29-17-31-51(39-47)63-53-33-15-16-34-54(53)64(52-32-18-30-48(40-52)44-21-7-2-8-22-44)70-58-38-36-56-65-55(35-37-57(66(58)65)69(63)70)67-61(45-23-9-3-10-24-45)59-41-49-27-13-14-28-50(49)42-60(59)62(68(56)67)46-25-11-4-12-26-46/h1-42H. The zero-order chi connectivity index (χ0) is 45.9. The minimum absolute atomic E-state index is 1.21. The Hall–Kier alpha value is -9.10. The first-order chi connectivity index (χ1) is 34.8. The smallest absolute Gasteiger partial charge is 0.000740 e. The Morgan fingerprint density at radius 1 is 0.171 bits per heavy atom. The lowest BCUT2D eigenvalue weighted by atomic mass is 9.86. The average Bonchev–Trinajstić information content (AvgIpc) is 3.94. The first-order valence-corrected chi connectivity index (χ1v) is 24.4. The molecule has 0 amide bonds. The van der Waals surface area contributed by atoms with Crippen molar-refractivity contribution in [1.29, 1.82) is 0 Å². The van der Waals surface area contributed by atoms with Gasteiger partial charge in [-0.05, 0) is 176 Å². The maximum absolute atomic E-state index is 2.47. The topological polar surface area (TPSA) is 0 Å². The maximum atomic E-state index is 2.47. The molecule has 0 fully saturated rings. The van der Waals surface area contributed by atoms with E-state index in [0.29, 0.717) is 0 Å². The Morgan fingerprint density at radius 2 is 0.457 bits per heavy atom. The molecule has 0 aliphatic heterocycles. The molecule has 70 heavy (non-hydrogen) atoms. The van der Waals surface area contributed by atoms with Crippen molar-refractivity contribution in [2.24, 2.45) is 0 Å². The summed E-state index contributed by atoms with van der Waals surface area (Å²) in [6.45, 7) is 0. The molecule has 13 aromatic carbocycles. The van der Waals surface area contributed by atoms with E-state index in [0.717, 1.165) is 0 Å². The summed E-state index contributed by atoms with van der Waals surface area (Å²) in [7, 11) is 0. The minimum atomic E-state index is 1.21. The van der Waals surface area contributed by atoms with Crippen molar-refractivity contribution in [3.05, 3.63) is 297 Å². The molecule has 0 heterocycles. The zero-order valence-corrected chi connectivity index (χ0v) is 38.2. The zero-order valence-electron chi connectivity index (χ0n) is 38.2. The summed E-state index contributed by atoms with van der Waals surface area (Å²) in [5.41, 5.74) is 14.9. The summed E-state index contributed by atoms with van der Waals surface area (Å²) in [4.78, 5) is 0. The van der Waals surface area contributed by atoms with Crippen molar-refractivity contribution in [2.75, 3.05) is 0 Å². The van der Waals surface area contributed by atoms with Gasteiger partial charge in [-0.2, -0.15) is 0 Å². The molecule has 0 bridgehead atoms. The number of hydrogen-bond donors (Lipinski definition) is 0. The molecule has 0 aromatic heterocycles. The van der Waals surface area contributed by atoms with E-state index in [4.69, 9.17) is 0 Å². The van der Waals surface area contributed by atoms with Crippen molar-refractivity contribution in [2.45, 2.75) is 0 Å². The van der Waals surface area contributed by atoms with Crippen molar-refractivity contribution in [1.82, 2.24) is 0 Å². The Bertz CT molecular complexity index is 4470. The molecule has 15 rings (SSSR count). The van der Waals surface area contributed by atoms with Crippen LogP contribution in [0.5, 0.6) is 0 Å².